The number of aryl methyl sites for hydroxylation is 1. The summed E-state index contributed by atoms with van der Waals surface area (Å²) in [5.74, 6) is 1.98. The Labute approximate surface area is 165 Å². The summed E-state index contributed by atoms with van der Waals surface area (Å²) >= 11 is 1.46. The van der Waals surface area contributed by atoms with E-state index in [9.17, 15) is 8.42 Å². The van der Waals surface area contributed by atoms with Crippen molar-refractivity contribution >= 4 is 46.1 Å². The van der Waals surface area contributed by atoms with Crippen molar-refractivity contribution in [2.24, 2.45) is 0 Å². The third-order valence-electron chi connectivity index (χ3n) is 4.63. The second kappa shape index (κ2) is 8.10. The topological polar surface area (TPSA) is 48.2 Å². The van der Waals surface area contributed by atoms with Gasteiger partial charge in [0, 0.05) is 12.2 Å². The van der Waals surface area contributed by atoms with E-state index in [4.69, 9.17) is 0 Å². The number of thioether (sulfide) groups is 1. The van der Waals surface area contributed by atoms with Crippen LogP contribution in [0.25, 0.3) is 4.13 Å². The zero-order valence-electron chi connectivity index (χ0n) is 15.4. The van der Waals surface area contributed by atoms with Crippen LogP contribution in [0.15, 0.2) is 59.5 Å². The lowest BCUT2D eigenvalue weighted by Gasteiger charge is -2.39. The minimum Gasteiger partial charge on any atom is -0.312 e. The third-order valence-corrected chi connectivity index (χ3v) is 18.0. The van der Waals surface area contributed by atoms with Gasteiger partial charge in [-0.2, -0.15) is 0 Å². The maximum absolute atomic E-state index is 12.9. The zero-order valence-corrected chi connectivity index (χ0v) is 18.8. The van der Waals surface area contributed by atoms with Gasteiger partial charge in [0.2, 0.25) is 0 Å². The van der Waals surface area contributed by atoms with Gasteiger partial charge in [-0.1, -0.05) is 77.4 Å². The predicted molar refractivity (Wildman–Crippen MR) is 118 cm³/mol. The van der Waals surface area contributed by atoms with Crippen molar-refractivity contribution in [2.75, 3.05) is 11.5 Å². The molecular formula is C19H25NO2S3Si. The molecule has 2 atom stereocenters. The summed E-state index contributed by atoms with van der Waals surface area (Å²) in [5, 5.41) is 1.37. The van der Waals surface area contributed by atoms with Crippen LogP contribution in [-0.4, -0.2) is 32.2 Å². The van der Waals surface area contributed by atoms with Crippen molar-refractivity contribution in [1.82, 2.24) is 0 Å². The summed E-state index contributed by atoms with van der Waals surface area (Å²) in [6, 6.07) is 17.6. The molecule has 0 aromatic heterocycles. The molecule has 3 rings (SSSR count). The van der Waals surface area contributed by atoms with Crippen LogP contribution < -0.4 is 5.19 Å². The van der Waals surface area contributed by atoms with Crippen LogP contribution in [0.5, 0.6) is 0 Å². The van der Waals surface area contributed by atoms with Gasteiger partial charge in [0.25, 0.3) is 0 Å². The molecule has 0 radical (unpaired) electrons. The molecule has 140 valence electrons. The van der Waals surface area contributed by atoms with E-state index in [0.717, 1.165) is 23.5 Å². The number of hydrogen-bond donors (Lipinski definition) is 0. The third kappa shape index (κ3) is 4.39. The second-order valence-corrected chi connectivity index (χ2v) is 17.8. The highest BCUT2D eigenvalue weighted by atomic mass is 32.3. The smallest absolute Gasteiger partial charge is 0.154 e. The SMILES string of the molecule is Cc1ccc(S(=O)(=O)[N-][S+]2CCCS[C@H]2[Si](C)(C)c2ccccc2)cc1. The van der Waals surface area contributed by atoms with Crippen molar-refractivity contribution in [1.29, 1.82) is 0 Å². The fraction of sp³-hybridized carbons (Fsp3) is 0.368. The summed E-state index contributed by atoms with van der Waals surface area (Å²) in [6.45, 7) is 6.65. The molecule has 0 amide bonds. The standard InChI is InChI=1S/C19H25NO2S3Si/c1-16-10-12-17(13-11-16)25(21,22)20-24-15-7-14-23-19(24)26(2,3)18-8-5-4-6-9-18/h4-6,8-13,19H,7,14-15H2,1-3H3/t19-,24?/m1/s1. The minimum absolute atomic E-state index is 0.305. The Morgan fingerprint density at radius 1 is 1.08 bits per heavy atom. The molecule has 7 heteroatoms. The van der Waals surface area contributed by atoms with Gasteiger partial charge in [-0.3, -0.25) is 0 Å². The summed E-state index contributed by atoms with van der Waals surface area (Å²) in [5.41, 5.74) is 1.05. The van der Waals surface area contributed by atoms with Crippen molar-refractivity contribution < 1.29 is 8.42 Å². The molecule has 1 unspecified atom stereocenters. The van der Waals surface area contributed by atoms with Crippen molar-refractivity contribution in [3.63, 3.8) is 0 Å². The number of nitrogens with zero attached hydrogens (tertiary/aromatic N) is 1. The molecule has 0 aliphatic carbocycles. The highest BCUT2D eigenvalue weighted by Gasteiger charge is 2.45. The highest BCUT2D eigenvalue weighted by Crippen LogP contribution is 2.39. The van der Waals surface area contributed by atoms with Gasteiger partial charge in [0.05, 0.1) is 10.6 Å². The van der Waals surface area contributed by atoms with Crippen molar-refractivity contribution in [3.8, 4) is 0 Å². The van der Waals surface area contributed by atoms with E-state index in [-0.39, 0.29) is 0 Å². The largest absolute Gasteiger partial charge is 0.312 e. The number of hydrogen-bond acceptors (Lipinski definition) is 3. The first-order valence-electron chi connectivity index (χ1n) is 8.72. The molecule has 1 saturated heterocycles. The van der Waals surface area contributed by atoms with Crippen LogP contribution in [0, 0.1) is 6.92 Å². The summed E-state index contributed by atoms with van der Waals surface area (Å²) < 4.78 is 30.5. The highest BCUT2D eigenvalue weighted by molar-refractivity contribution is 8.25. The molecule has 3 nitrogen and oxygen atoms in total. The zero-order chi connectivity index (χ0) is 18.8. The van der Waals surface area contributed by atoms with Gasteiger partial charge >= 0.3 is 0 Å². The van der Waals surface area contributed by atoms with E-state index in [1.54, 1.807) is 12.1 Å². The van der Waals surface area contributed by atoms with Crippen LogP contribution in [0.3, 0.4) is 0 Å². The average Bonchev–Trinajstić information content (AvgIpc) is 2.63. The normalized spacial score (nSPS) is 21.5. The minimum atomic E-state index is -3.61. The predicted octanol–water partition coefficient (Wildman–Crippen LogP) is 4.21. The second-order valence-electron chi connectivity index (χ2n) is 7.11. The molecule has 0 bridgehead atoms. The monoisotopic (exact) mass is 423 g/mol. The number of rotatable bonds is 5. The lowest BCUT2D eigenvalue weighted by Crippen LogP contribution is -2.56. The van der Waals surface area contributed by atoms with E-state index in [2.05, 4.69) is 41.5 Å². The van der Waals surface area contributed by atoms with E-state index in [1.165, 1.54) is 5.19 Å². The molecule has 1 heterocycles. The van der Waals surface area contributed by atoms with E-state index in [1.807, 2.05) is 36.9 Å². The molecule has 0 N–H and O–H groups in total. The molecule has 0 spiro atoms. The molecule has 1 fully saturated rings. The molecule has 26 heavy (non-hydrogen) atoms. The fourth-order valence-electron chi connectivity index (χ4n) is 3.09. The Balaban J connectivity index is 1.86. The van der Waals surface area contributed by atoms with Crippen molar-refractivity contribution in [2.45, 2.75) is 35.5 Å². The van der Waals surface area contributed by atoms with Gasteiger partial charge < -0.3 is 4.13 Å². The molecule has 2 aromatic rings. The summed E-state index contributed by atoms with van der Waals surface area (Å²) in [7, 11) is -5.44. The van der Waals surface area contributed by atoms with Gasteiger partial charge in [0.15, 0.2) is 8.07 Å². The fourth-order valence-corrected chi connectivity index (χ4v) is 16.0. The van der Waals surface area contributed by atoms with Gasteiger partial charge in [-0.25, -0.2) is 8.42 Å². The lowest BCUT2D eigenvalue weighted by atomic mass is 10.2. The van der Waals surface area contributed by atoms with Crippen LogP contribution in [-0.2, 0) is 21.1 Å². The van der Waals surface area contributed by atoms with Gasteiger partial charge in [-0.15, -0.1) is 11.8 Å². The Morgan fingerprint density at radius 3 is 2.38 bits per heavy atom. The first kappa shape index (κ1) is 20.0. The number of sulfonamides is 1. The Bertz CT molecular complexity index is 839. The molecular weight excluding hydrogens is 399 g/mol. The summed E-state index contributed by atoms with van der Waals surface area (Å²) in [4.78, 5) is 0.309. The average molecular weight is 424 g/mol. The Morgan fingerprint density at radius 2 is 1.73 bits per heavy atom. The lowest BCUT2D eigenvalue weighted by molar-refractivity contribution is 0.604. The van der Waals surface area contributed by atoms with Gasteiger partial charge in [-0.05, 0) is 19.1 Å². The summed E-state index contributed by atoms with van der Waals surface area (Å²) in [6.07, 6.45) is 1.04. The van der Waals surface area contributed by atoms with E-state index in [0.29, 0.717) is 9.10 Å². The number of benzene rings is 2. The van der Waals surface area contributed by atoms with E-state index >= 15 is 0 Å². The van der Waals surface area contributed by atoms with Crippen LogP contribution in [0.1, 0.15) is 12.0 Å². The molecule has 1 aliphatic heterocycles. The Kier molecular flexibility index (Phi) is 6.24. The van der Waals surface area contributed by atoms with Crippen molar-refractivity contribution in [3.05, 3.63) is 64.3 Å². The molecule has 1 aliphatic rings. The first-order chi connectivity index (χ1) is 12.3. The maximum atomic E-state index is 12.9. The first-order valence-corrected chi connectivity index (χ1v) is 15.7. The molecule has 2 aromatic carbocycles. The Hall–Kier alpha value is -0.733. The van der Waals surface area contributed by atoms with Crippen LogP contribution >= 0.6 is 11.8 Å². The molecule has 0 saturated carbocycles. The maximum Gasteiger partial charge on any atom is 0.154 e. The van der Waals surface area contributed by atoms with Gasteiger partial charge in [0.1, 0.15) is 14.2 Å². The van der Waals surface area contributed by atoms with E-state index < -0.39 is 29.2 Å². The van der Waals surface area contributed by atoms with Crippen LogP contribution in [0.4, 0.5) is 0 Å². The quantitative estimate of drug-likeness (QED) is 0.535. The van der Waals surface area contributed by atoms with Crippen LogP contribution in [0.2, 0.25) is 13.1 Å².